The molecule has 2 aromatic carbocycles. The van der Waals surface area contributed by atoms with Gasteiger partial charge >= 0.3 is 0 Å². The molecule has 0 unspecified atom stereocenters. The topological polar surface area (TPSA) is 79.0 Å². The lowest BCUT2D eigenvalue weighted by molar-refractivity contribution is -0.110. The number of hydrogen-bond acceptors (Lipinski definition) is 3. The summed E-state index contributed by atoms with van der Waals surface area (Å²) in [7, 11) is -3.53. The average Bonchev–Trinajstić information content (AvgIpc) is 3.13. The first kappa shape index (κ1) is 18.2. The number of rotatable bonds is 3. The van der Waals surface area contributed by atoms with Crippen LogP contribution in [-0.2, 0) is 14.6 Å². The van der Waals surface area contributed by atoms with Crippen molar-refractivity contribution in [2.45, 2.75) is 11.8 Å². The normalized spacial score (nSPS) is 15.0. The van der Waals surface area contributed by atoms with Gasteiger partial charge in [-0.1, -0.05) is 30.3 Å². The molecule has 1 aliphatic heterocycles. The minimum absolute atomic E-state index is 0.184. The molecule has 4 rings (SSSR count). The number of fused-ring (bicyclic) bond motifs is 1. The summed E-state index contributed by atoms with van der Waals surface area (Å²) in [5.74, 6) is -0.823. The summed E-state index contributed by atoms with van der Waals surface area (Å²) < 4.78 is 38.6. The molecule has 2 heterocycles. The van der Waals surface area contributed by atoms with Gasteiger partial charge in [-0.25, -0.2) is 12.8 Å². The van der Waals surface area contributed by atoms with Crippen molar-refractivity contribution < 1.29 is 17.6 Å². The van der Waals surface area contributed by atoms with E-state index >= 15 is 0 Å². The minimum Gasteiger partial charge on any atom is -0.357 e. The Kier molecular flexibility index (Phi) is 4.19. The first-order valence-corrected chi connectivity index (χ1v) is 10.5. The molecule has 0 saturated carbocycles. The first-order chi connectivity index (χ1) is 13.3. The second-order valence-electron chi connectivity index (χ2n) is 6.71. The van der Waals surface area contributed by atoms with E-state index in [-0.39, 0.29) is 16.4 Å². The zero-order valence-electron chi connectivity index (χ0n) is 15.2. The van der Waals surface area contributed by atoms with Crippen molar-refractivity contribution in [2.24, 2.45) is 0 Å². The maximum absolute atomic E-state index is 13.7. The van der Waals surface area contributed by atoms with Gasteiger partial charge in [0.1, 0.15) is 5.82 Å². The van der Waals surface area contributed by atoms with E-state index in [2.05, 4.69) is 10.3 Å². The van der Waals surface area contributed by atoms with Gasteiger partial charge in [0.25, 0.3) is 5.91 Å². The Morgan fingerprint density at radius 1 is 1.07 bits per heavy atom. The summed E-state index contributed by atoms with van der Waals surface area (Å²) in [5, 5.41) is 2.70. The number of carbonyl (C=O) groups excluding carboxylic acids is 1. The van der Waals surface area contributed by atoms with Gasteiger partial charge in [-0.2, -0.15) is 0 Å². The highest BCUT2D eigenvalue weighted by atomic mass is 32.2. The maximum Gasteiger partial charge on any atom is 0.256 e. The number of sulfone groups is 1. The van der Waals surface area contributed by atoms with Gasteiger partial charge in [-0.3, -0.25) is 4.79 Å². The number of aryl methyl sites for hydroxylation is 1. The van der Waals surface area contributed by atoms with Crippen molar-refractivity contribution in [3.8, 4) is 11.1 Å². The predicted molar refractivity (Wildman–Crippen MR) is 107 cm³/mol. The van der Waals surface area contributed by atoms with Gasteiger partial charge in [0, 0.05) is 34.5 Å². The maximum atomic E-state index is 13.7. The van der Waals surface area contributed by atoms with Crippen LogP contribution in [0.15, 0.2) is 53.4 Å². The van der Waals surface area contributed by atoms with Gasteiger partial charge in [0.2, 0.25) is 0 Å². The van der Waals surface area contributed by atoms with E-state index in [1.54, 1.807) is 13.0 Å². The molecule has 0 bridgehead atoms. The summed E-state index contributed by atoms with van der Waals surface area (Å²) in [6.07, 6.45) is 2.73. The fourth-order valence-corrected chi connectivity index (χ4v) is 4.75. The molecule has 2 N–H and O–H groups in total. The highest BCUT2D eigenvalue weighted by Crippen LogP contribution is 2.38. The SMILES string of the molecule is Cc1[nH]c(/C=C2\C(=O)Nc3ccc(F)cc32)c(-c2ccccc2)c1S(C)(=O)=O. The number of nitrogens with one attached hydrogen (secondary N) is 2. The van der Waals surface area contributed by atoms with Crippen LogP contribution in [0.25, 0.3) is 22.8 Å². The van der Waals surface area contributed by atoms with E-state index in [4.69, 9.17) is 0 Å². The van der Waals surface area contributed by atoms with Crippen LogP contribution in [-0.4, -0.2) is 25.6 Å². The number of aromatic nitrogens is 1. The summed E-state index contributed by atoms with van der Waals surface area (Å²) >= 11 is 0. The number of amides is 1. The molecule has 7 heteroatoms. The van der Waals surface area contributed by atoms with Gasteiger partial charge in [-0.05, 0) is 36.8 Å². The van der Waals surface area contributed by atoms with E-state index in [9.17, 15) is 17.6 Å². The molecule has 1 aliphatic rings. The van der Waals surface area contributed by atoms with Crippen molar-refractivity contribution in [3.63, 3.8) is 0 Å². The first-order valence-electron chi connectivity index (χ1n) is 8.56. The van der Waals surface area contributed by atoms with Crippen LogP contribution < -0.4 is 5.32 Å². The number of hydrogen-bond donors (Lipinski definition) is 2. The Bertz CT molecular complexity index is 1240. The molecule has 0 spiro atoms. The van der Waals surface area contributed by atoms with Crippen LogP contribution in [0.3, 0.4) is 0 Å². The quantitative estimate of drug-likeness (QED) is 0.656. The molecule has 142 valence electrons. The van der Waals surface area contributed by atoms with Crippen LogP contribution in [0, 0.1) is 12.7 Å². The number of carbonyl (C=O) groups is 1. The van der Waals surface area contributed by atoms with Crippen LogP contribution in [0.5, 0.6) is 0 Å². The van der Waals surface area contributed by atoms with Crippen LogP contribution in [0.1, 0.15) is 17.0 Å². The number of anilines is 1. The summed E-state index contributed by atoms with van der Waals surface area (Å²) in [6.45, 7) is 1.67. The van der Waals surface area contributed by atoms with Crippen LogP contribution in [0.4, 0.5) is 10.1 Å². The van der Waals surface area contributed by atoms with Gasteiger partial charge in [0.15, 0.2) is 9.84 Å². The fraction of sp³-hybridized carbons (Fsp3) is 0.0952. The largest absolute Gasteiger partial charge is 0.357 e. The van der Waals surface area contributed by atoms with E-state index in [0.29, 0.717) is 33.8 Å². The van der Waals surface area contributed by atoms with Gasteiger partial charge in [-0.15, -0.1) is 0 Å². The fourth-order valence-electron chi connectivity index (χ4n) is 3.54. The monoisotopic (exact) mass is 396 g/mol. The second-order valence-corrected chi connectivity index (χ2v) is 8.66. The zero-order valence-corrected chi connectivity index (χ0v) is 16.0. The van der Waals surface area contributed by atoms with Crippen molar-refractivity contribution >= 4 is 33.1 Å². The smallest absolute Gasteiger partial charge is 0.256 e. The molecule has 0 aliphatic carbocycles. The molecule has 1 aromatic heterocycles. The summed E-state index contributed by atoms with van der Waals surface area (Å²) in [5.41, 5.74) is 3.39. The summed E-state index contributed by atoms with van der Waals surface area (Å²) in [6, 6.07) is 13.1. The Morgan fingerprint density at radius 2 is 1.79 bits per heavy atom. The van der Waals surface area contributed by atoms with Crippen molar-refractivity contribution in [3.05, 3.63) is 71.3 Å². The van der Waals surface area contributed by atoms with Gasteiger partial charge < -0.3 is 10.3 Å². The van der Waals surface area contributed by atoms with Gasteiger partial charge in [0.05, 0.1) is 10.5 Å². The molecular formula is C21H17FN2O3S. The lowest BCUT2D eigenvalue weighted by Gasteiger charge is -2.06. The highest BCUT2D eigenvalue weighted by molar-refractivity contribution is 7.91. The lowest BCUT2D eigenvalue weighted by Crippen LogP contribution is -2.03. The number of halogens is 1. The van der Waals surface area contributed by atoms with Crippen molar-refractivity contribution in [1.82, 2.24) is 4.98 Å². The third-order valence-electron chi connectivity index (χ3n) is 4.65. The van der Waals surface area contributed by atoms with E-state index in [1.165, 1.54) is 18.2 Å². The Morgan fingerprint density at radius 3 is 2.46 bits per heavy atom. The highest BCUT2D eigenvalue weighted by Gasteiger charge is 2.28. The van der Waals surface area contributed by atoms with Crippen LogP contribution in [0.2, 0.25) is 0 Å². The Labute approximate surface area is 161 Å². The minimum atomic E-state index is -3.53. The third kappa shape index (κ3) is 3.03. The average molecular weight is 396 g/mol. The molecule has 0 atom stereocenters. The Balaban J connectivity index is 1.99. The van der Waals surface area contributed by atoms with E-state index in [0.717, 1.165) is 6.26 Å². The molecule has 0 radical (unpaired) electrons. The molecule has 28 heavy (non-hydrogen) atoms. The van der Waals surface area contributed by atoms with Crippen molar-refractivity contribution in [2.75, 3.05) is 11.6 Å². The number of aromatic amines is 1. The third-order valence-corrected chi connectivity index (χ3v) is 5.90. The number of benzene rings is 2. The molecule has 0 saturated heterocycles. The van der Waals surface area contributed by atoms with Crippen molar-refractivity contribution in [1.29, 1.82) is 0 Å². The predicted octanol–water partition coefficient (Wildman–Crippen LogP) is 4.03. The van der Waals surface area contributed by atoms with E-state index in [1.807, 2.05) is 30.3 Å². The second kappa shape index (κ2) is 6.45. The van der Waals surface area contributed by atoms with Crippen LogP contribution >= 0.6 is 0 Å². The molecule has 3 aromatic rings. The lowest BCUT2D eigenvalue weighted by atomic mass is 10.0. The molecule has 5 nitrogen and oxygen atoms in total. The molecule has 1 amide bonds. The standard InChI is InChI=1S/C21H17FN2O3S/c1-12-20(28(2,26)27)19(13-6-4-3-5-7-13)18(23-12)11-16-15-10-14(22)8-9-17(15)24-21(16)25/h3-11,23H,1-2H3,(H,24,25)/b16-11-. The van der Waals surface area contributed by atoms with E-state index < -0.39 is 15.7 Å². The summed E-state index contributed by atoms with van der Waals surface area (Å²) in [4.78, 5) is 15.7. The molecule has 0 fully saturated rings. The zero-order chi connectivity index (χ0) is 20.1. The Hall–Kier alpha value is -3.19. The number of H-pyrrole nitrogens is 1. The molecular weight excluding hydrogens is 379 g/mol.